The van der Waals surface area contributed by atoms with E-state index in [2.05, 4.69) is 20.5 Å². The first-order chi connectivity index (χ1) is 12.8. The minimum absolute atomic E-state index is 0.0886. The molecule has 8 heteroatoms. The third-order valence-corrected chi connectivity index (χ3v) is 4.69. The van der Waals surface area contributed by atoms with Gasteiger partial charge >= 0.3 is 0 Å². The molecule has 7 nitrogen and oxygen atoms in total. The SMILES string of the molecule is CC(C)OC(C)(C)c1csc(NC(=O)c2cccn2Cc2ccnnc2)n1. The molecule has 3 rings (SSSR count). The summed E-state index contributed by atoms with van der Waals surface area (Å²) >= 11 is 1.39. The predicted molar refractivity (Wildman–Crippen MR) is 105 cm³/mol. The van der Waals surface area contributed by atoms with Crippen LogP contribution in [0.15, 0.2) is 42.2 Å². The van der Waals surface area contributed by atoms with Crippen LogP contribution in [0.1, 0.15) is 49.4 Å². The van der Waals surface area contributed by atoms with Crippen molar-refractivity contribution in [3.63, 3.8) is 0 Å². The van der Waals surface area contributed by atoms with Gasteiger partial charge in [-0.3, -0.25) is 10.1 Å². The number of hydrogen-bond donors (Lipinski definition) is 1. The van der Waals surface area contributed by atoms with Gasteiger partial charge in [-0.2, -0.15) is 10.2 Å². The van der Waals surface area contributed by atoms with Gasteiger partial charge in [0.15, 0.2) is 5.13 Å². The molecule has 0 spiro atoms. The molecule has 3 aromatic heterocycles. The Labute approximate surface area is 162 Å². The monoisotopic (exact) mass is 385 g/mol. The topological polar surface area (TPSA) is 81.9 Å². The zero-order valence-corrected chi connectivity index (χ0v) is 16.7. The summed E-state index contributed by atoms with van der Waals surface area (Å²) in [7, 11) is 0. The first-order valence-electron chi connectivity index (χ1n) is 8.71. The number of thiazole rings is 1. The summed E-state index contributed by atoms with van der Waals surface area (Å²) in [6.07, 6.45) is 5.27. The third kappa shape index (κ3) is 4.78. The molecule has 3 heterocycles. The molecule has 0 aromatic carbocycles. The summed E-state index contributed by atoms with van der Waals surface area (Å²) < 4.78 is 7.78. The number of hydrogen-bond acceptors (Lipinski definition) is 6. The first-order valence-corrected chi connectivity index (χ1v) is 9.59. The summed E-state index contributed by atoms with van der Waals surface area (Å²) in [5.41, 5.74) is 1.82. The van der Waals surface area contributed by atoms with E-state index in [1.54, 1.807) is 18.5 Å². The Morgan fingerprint density at radius 2 is 2.15 bits per heavy atom. The van der Waals surface area contributed by atoms with Crippen molar-refractivity contribution >= 4 is 22.4 Å². The molecule has 1 amide bonds. The van der Waals surface area contributed by atoms with Crippen molar-refractivity contribution in [3.05, 3.63) is 59.1 Å². The molecule has 0 fully saturated rings. The number of amides is 1. The van der Waals surface area contributed by atoms with Gasteiger partial charge in [0.1, 0.15) is 11.3 Å². The summed E-state index contributed by atoms with van der Waals surface area (Å²) in [5, 5.41) is 13.0. The number of anilines is 1. The van der Waals surface area contributed by atoms with Crippen LogP contribution in [0.3, 0.4) is 0 Å². The molecule has 0 saturated heterocycles. The highest BCUT2D eigenvalue weighted by molar-refractivity contribution is 7.14. The smallest absolute Gasteiger partial charge is 0.274 e. The van der Waals surface area contributed by atoms with Crippen LogP contribution >= 0.6 is 11.3 Å². The number of aromatic nitrogens is 4. The number of nitrogens with one attached hydrogen (secondary N) is 1. The largest absolute Gasteiger partial charge is 0.367 e. The van der Waals surface area contributed by atoms with E-state index in [0.717, 1.165) is 11.3 Å². The maximum atomic E-state index is 12.7. The number of rotatable bonds is 7. The van der Waals surface area contributed by atoms with Gasteiger partial charge in [0.05, 0.1) is 18.0 Å². The second-order valence-corrected chi connectivity index (χ2v) is 7.80. The fraction of sp³-hybridized carbons (Fsp3) is 0.368. The molecule has 142 valence electrons. The van der Waals surface area contributed by atoms with E-state index in [0.29, 0.717) is 17.4 Å². The predicted octanol–water partition coefficient (Wildman–Crippen LogP) is 3.70. The number of carbonyl (C=O) groups is 1. The van der Waals surface area contributed by atoms with Gasteiger partial charge in [0, 0.05) is 24.3 Å². The number of nitrogens with zero attached hydrogens (tertiary/aromatic N) is 4. The van der Waals surface area contributed by atoms with Gasteiger partial charge in [-0.15, -0.1) is 11.3 Å². The summed E-state index contributed by atoms with van der Waals surface area (Å²) in [5.74, 6) is -0.203. The first kappa shape index (κ1) is 19.2. The lowest BCUT2D eigenvalue weighted by atomic mass is 10.1. The fourth-order valence-electron chi connectivity index (χ4n) is 2.78. The summed E-state index contributed by atoms with van der Waals surface area (Å²) in [6, 6.07) is 5.50. The van der Waals surface area contributed by atoms with Gasteiger partial charge in [0.2, 0.25) is 0 Å². The van der Waals surface area contributed by atoms with Crippen LogP contribution < -0.4 is 5.32 Å². The average molecular weight is 385 g/mol. The maximum Gasteiger partial charge on any atom is 0.274 e. The maximum absolute atomic E-state index is 12.7. The molecule has 0 saturated carbocycles. The van der Waals surface area contributed by atoms with Gasteiger partial charge in [-0.1, -0.05) is 0 Å². The van der Waals surface area contributed by atoms with Crippen molar-refractivity contribution in [2.45, 2.75) is 45.9 Å². The van der Waals surface area contributed by atoms with Crippen LogP contribution in [0, 0.1) is 0 Å². The standard InChI is InChI=1S/C19H23N5O2S/c1-13(2)26-19(3,4)16-12-27-18(22-16)23-17(25)15-6-5-9-24(15)11-14-7-8-20-21-10-14/h5-10,12-13H,11H2,1-4H3,(H,22,23,25). The lowest BCUT2D eigenvalue weighted by molar-refractivity contribution is -0.0623. The molecule has 0 aliphatic carbocycles. The Morgan fingerprint density at radius 1 is 1.33 bits per heavy atom. The molecule has 0 aliphatic heterocycles. The molecule has 0 bridgehead atoms. The zero-order chi connectivity index (χ0) is 19.4. The van der Waals surface area contributed by atoms with E-state index >= 15 is 0 Å². The Hall–Kier alpha value is -2.58. The van der Waals surface area contributed by atoms with Crippen LogP contribution in [-0.2, 0) is 16.9 Å². The molecular formula is C19H23N5O2S. The molecule has 0 atom stereocenters. The van der Waals surface area contributed by atoms with Crippen LogP contribution in [-0.4, -0.2) is 31.8 Å². The van der Waals surface area contributed by atoms with Gasteiger partial charge in [-0.05, 0) is 51.5 Å². The quantitative estimate of drug-likeness (QED) is 0.671. The van der Waals surface area contributed by atoms with E-state index < -0.39 is 5.60 Å². The van der Waals surface area contributed by atoms with E-state index in [4.69, 9.17) is 4.74 Å². The summed E-state index contributed by atoms with van der Waals surface area (Å²) in [4.78, 5) is 17.2. The Balaban J connectivity index is 1.71. The third-order valence-electron chi connectivity index (χ3n) is 3.93. The van der Waals surface area contributed by atoms with Crippen molar-refractivity contribution in [2.24, 2.45) is 0 Å². The second-order valence-electron chi connectivity index (χ2n) is 6.94. The average Bonchev–Trinajstić information content (AvgIpc) is 3.24. The van der Waals surface area contributed by atoms with Crippen LogP contribution in [0.4, 0.5) is 5.13 Å². The zero-order valence-electron chi connectivity index (χ0n) is 15.8. The van der Waals surface area contributed by atoms with Gasteiger partial charge in [0.25, 0.3) is 5.91 Å². The second kappa shape index (κ2) is 7.98. The van der Waals surface area contributed by atoms with Crippen molar-refractivity contribution in [1.82, 2.24) is 19.7 Å². The minimum atomic E-state index is -0.512. The summed E-state index contributed by atoms with van der Waals surface area (Å²) in [6.45, 7) is 8.47. The molecule has 1 N–H and O–H groups in total. The normalized spacial score (nSPS) is 11.7. The van der Waals surface area contributed by atoms with Crippen molar-refractivity contribution in [3.8, 4) is 0 Å². The molecule has 0 radical (unpaired) electrons. The van der Waals surface area contributed by atoms with Crippen molar-refractivity contribution in [2.75, 3.05) is 5.32 Å². The lowest BCUT2D eigenvalue weighted by Crippen LogP contribution is -2.26. The van der Waals surface area contributed by atoms with Gasteiger partial charge < -0.3 is 9.30 Å². The van der Waals surface area contributed by atoms with Crippen molar-refractivity contribution in [1.29, 1.82) is 0 Å². The van der Waals surface area contributed by atoms with Crippen LogP contribution in [0.25, 0.3) is 0 Å². The molecule has 3 aromatic rings. The lowest BCUT2D eigenvalue weighted by Gasteiger charge is -2.25. The molecular weight excluding hydrogens is 362 g/mol. The number of carbonyl (C=O) groups excluding carboxylic acids is 1. The van der Waals surface area contributed by atoms with Gasteiger partial charge in [-0.25, -0.2) is 4.98 Å². The highest BCUT2D eigenvalue weighted by Crippen LogP contribution is 2.29. The highest BCUT2D eigenvalue weighted by atomic mass is 32.1. The highest BCUT2D eigenvalue weighted by Gasteiger charge is 2.26. The van der Waals surface area contributed by atoms with Crippen LogP contribution in [0.2, 0.25) is 0 Å². The minimum Gasteiger partial charge on any atom is -0.367 e. The molecule has 0 unspecified atom stereocenters. The van der Waals surface area contributed by atoms with E-state index in [-0.39, 0.29) is 12.0 Å². The Bertz CT molecular complexity index is 902. The Kier molecular flexibility index (Phi) is 5.67. The van der Waals surface area contributed by atoms with E-state index in [9.17, 15) is 4.79 Å². The number of ether oxygens (including phenoxy) is 1. The fourth-order valence-corrected chi connectivity index (χ4v) is 3.65. The van der Waals surface area contributed by atoms with E-state index in [1.807, 2.05) is 56.0 Å². The van der Waals surface area contributed by atoms with Crippen LogP contribution in [0.5, 0.6) is 0 Å². The Morgan fingerprint density at radius 3 is 2.85 bits per heavy atom. The molecule has 27 heavy (non-hydrogen) atoms. The van der Waals surface area contributed by atoms with E-state index in [1.165, 1.54) is 11.3 Å². The van der Waals surface area contributed by atoms with Crippen molar-refractivity contribution < 1.29 is 9.53 Å². The molecule has 0 aliphatic rings.